The Kier molecular flexibility index (Phi) is 7.17. The molecule has 0 aromatic carbocycles. The van der Waals surface area contributed by atoms with Crippen molar-refractivity contribution in [1.29, 1.82) is 0 Å². The number of rotatable bonds is 4. The van der Waals surface area contributed by atoms with Crippen molar-refractivity contribution in [3.05, 3.63) is 0 Å². The Balaban J connectivity index is 2.01. The van der Waals surface area contributed by atoms with Crippen LogP contribution in [0.4, 0.5) is 4.79 Å². The maximum absolute atomic E-state index is 12.6. The summed E-state index contributed by atoms with van der Waals surface area (Å²) in [6, 6.07) is 0. The molecule has 2 aliphatic rings. The van der Waals surface area contributed by atoms with Crippen molar-refractivity contribution in [2.75, 3.05) is 32.7 Å². The lowest BCUT2D eigenvalue weighted by Crippen LogP contribution is -2.50. The normalized spacial score (nSPS) is 25.3. The van der Waals surface area contributed by atoms with Crippen LogP contribution in [0.25, 0.3) is 0 Å². The Morgan fingerprint density at radius 3 is 2.33 bits per heavy atom. The third-order valence-corrected chi connectivity index (χ3v) is 5.62. The van der Waals surface area contributed by atoms with E-state index in [4.69, 9.17) is 9.84 Å². The van der Waals surface area contributed by atoms with E-state index < -0.39 is 11.6 Å². The third-order valence-electron chi connectivity index (χ3n) is 5.62. The molecule has 0 radical (unpaired) electrons. The first kappa shape index (κ1) is 22.0. The number of amides is 1. The molecular formula is C21H38N2O4. The van der Waals surface area contributed by atoms with E-state index in [0.717, 1.165) is 52.0 Å². The van der Waals surface area contributed by atoms with E-state index in [2.05, 4.69) is 4.90 Å². The fraction of sp³-hybridized carbons (Fsp3) is 0.905. The maximum Gasteiger partial charge on any atom is 0.410 e. The molecule has 2 atom stereocenters. The van der Waals surface area contributed by atoms with E-state index in [9.17, 15) is 9.59 Å². The molecule has 2 unspecified atom stereocenters. The van der Waals surface area contributed by atoms with Gasteiger partial charge < -0.3 is 19.6 Å². The molecule has 1 N–H and O–H groups in total. The van der Waals surface area contributed by atoms with Crippen LogP contribution in [0.15, 0.2) is 0 Å². The lowest BCUT2D eigenvalue weighted by molar-refractivity contribution is -0.139. The molecule has 0 saturated carbocycles. The number of carbonyl (C=O) groups is 2. The number of carboxylic acid groups (broad SMARTS) is 1. The van der Waals surface area contributed by atoms with Gasteiger partial charge in [-0.3, -0.25) is 4.79 Å². The SMILES string of the molecule is CC(C)(CC(=O)O)CN1CCC2CCCCN(C(=O)OC(C)(C)C)CC2C1. The van der Waals surface area contributed by atoms with E-state index in [1.807, 2.05) is 39.5 Å². The molecule has 2 saturated heterocycles. The first-order valence-corrected chi connectivity index (χ1v) is 10.4. The fourth-order valence-electron chi connectivity index (χ4n) is 4.53. The van der Waals surface area contributed by atoms with Crippen LogP contribution < -0.4 is 0 Å². The van der Waals surface area contributed by atoms with E-state index in [1.54, 1.807) is 0 Å². The van der Waals surface area contributed by atoms with Crippen molar-refractivity contribution in [2.45, 2.75) is 72.3 Å². The number of carbonyl (C=O) groups excluding carboxylic acids is 1. The first-order valence-electron chi connectivity index (χ1n) is 10.4. The van der Waals surface area contributed by atoms with Gasteiger partial charge in [-0.05, 0) is 63.8 Å². The highest BCUT2D eigenvalue weighted by Gasteiger charge is 2.36. The lowest BCUT2D eigenvalue weighted by atomic mass is 9.79. The van der Waals surface area contributed by atoms with Crippen molar-refractivity contribution in [1.82, 2.24) is 9.80 Å². The number of likely N-dealkylation sites (tertiary alicyclic amines) is 2. The van der Waals surface area contributed by atoms with Gasteiger partial charge in [0.2, 0.25) is 0 Å². The number of nitrogens with zero attached hydrogens (tertiary/aromatic N) is 2. The van der Waals surface area contributed by atoms with Crippen LogP contribution in [0.5, 0.6) is 0 Å². The van der Waals surface area contributed by atoms with Crippen LogP contribution >= 0.6 is 0 Å². The smallest absolute Gasteiger partial charge is 0.410 e. The van der Waals surface area contributed by atoms with Gasteiger partial charge >= 0.3 is 12.1 Å². The Labute approximate surface area is 164 Å². The minimum absolute atomic E-state index is 0.182. The molecule has 2 aliphatic heterocycles. The summed E-state index contributed by atoms with van der Waals surface area (Å²) in [6.07, 6.45) is 4.55. The molecule has 6 heteroatoms. The number of ether oxygens (including phenoxy) is 1. The Morgan fingerprint density at radius 2 is 1.70 bits per heavy atom. The van der Waals surface area contributed by atoms with Crippen LogP contribution in [0.3, 0.4) is 0 Å². The maximum atomic E-state index is 12.6. The molecule has 156 valence electrons. The second kappa shape index (κ2) is 8.80. The molecule has 27 heavy (non-hydrogen) atoms. The number of hydrogen-bond acceptors (Lipinski definition) is 4. The Bertz CT molecular complexity index is 527. The van der Waals surface area contributed by atoms with Gasteiger partial charge in [-0.1, -0.05) is 20.3 Å². The van der Waals surface area contributed by atoms with Gasteiger partial charge in [-0.2, -0.15) is 0 Å². The van der Waals surface area contributed by atoms with Crippen molar-refractivity contribution < 1.29 is 19.4 Å². The van der Waals surface area contributed by atoms with Crippen molar-refractivity contribution in [3.63, 3.8) is 0 Å². The summed E-state index contributed by atoms with van der Waals surface area (Å²) in [4.78, 5) is 28.0. The van der Waals surface area contributed by atoms with Gasteiger partial charge in [0.25, 0.3) is 0 Å². The molecule has 2 rings (SSSR count). The number of hydrogen-bond donors (Lipinski definition) is 1. The summed E-state index contributed by atoms with van der Waals surface area (Å²) >= 11 is 0. The average Bonchev–Trinajstić information content (AvgIpc) is 2.44. The highest BCUT2D eigenvalue weighted by Crippen LogP contribution is 2.33. The number of carboxylic acids is 1. The zero-order valence-corrected chi connectivity index (χ0v) is 17.8. The fourth-order valence-corrected chi connectivity index (χ4v) is 4.53. The average molecular weight is 383 g/mol. The quantitative estimate of drug-likeness (QED) is 0.800. The van der Waals surface area contributed by atoms with Gasteiger partial charge in [0.05, 0.1) is 6.42 Å². The molecule has 2 fully saturated rings. The topological polar surface area (TPSA) is 70.1 Å². The predicted octanol–water partition coefficient (Wildman–Crippen LogP) is 3.85. The van der Waals surface area contributed by atoms with E-state index in [0.29, 0.717) is 11.8 Å². The summed E-state index contributed by atoms with van der Waals surface area (Å²) in [6.45, 7) is 14.0. The minimum Gasteiger partial charge on any atom is -0.481 e. The zero-order chi connectivity index (χ0) is 20.2. The zero-order valence-electron chi connectivity index (χ0n) is 17.8. The van der Waals surface area contributed by atoms with E-state index in [1.165, 1.54) is 6.42 Å². The van der Waals surface area contributed by atoms with Crippen molar-refractivity contribution in [2.24, 2.45) is 17.3 Å². The summed E-state index contributed by atoms with van der Waals surface area (Å²) in [5.74, 6) is 0.346. The molecule has 6 nitrogen and oxygen atoms in total. The number of aliphatic carboxylic acids is 1. The van der Waals surface area contributed by atoms with E-state index >= 15 is 0 Å². The second-order valence-corrected chi connectivity index (χ2v) is 10.2. The van der Waals surface area contributed by atoms with Crippen molar-refractivity contribution >= 4 is 12.1 Å². The number of fused-ring (bicyclic) bond motifs is 1. The van der Waals surface area contributed by atoms with Gasteiger partial charge in [-0.25, -0.2) is 4.79 Å². The third kappa shape index (κ3) is 7.32. The van der Waals surface area contributed by atoms with Crippen LogP contribution in [0.2, 0.25) is 0 Å². The molecule has 0 spiro atoms. The molecule has 0 bridgehead atoms. The monoisotopic (exact) mass is 382 g/mol. The summed E-state index contributed by atoms with van der Waals surface area (Å²) < 4.78 is 5.61. The molecule has 0 aliphatic carbocycles. The standard InChI is InChI=1S/C21H38N2O4/c1-20(2,3)27-19(26)23-10-7-6-8-16-9-11-22(13-17(16)14-23)15-21(4,5)12-18(24)25/h16-17H,6-15H2,1-5H3,(H,24,25). The van der Waals surface area contributed by atoms with E-state index in [-0.39, 0.29) is 17.9 Å². The molecule has 0 aromatic heterocycles. The van der Waals surface area contributed by atoms with Crippen LogP contribution in [-0.2, 0) is 9.53 Å². The Hall–Kier alpha value is -1.30. The first-order chi connectivity index (χ1) is 12.5. The van der Waals surface area contributed by atoms with Gasteiger partial charge in [0.15, 0.2) is 0 Å². The highest BCUT2D eigenvalue weighted by molar-refractivity contribution is 5.68. The van der Waals surface area contributed by atoms with Gasteiger partial charge in [0.1, 0.15) is 5.60 Å². The highest BCUT2D eigenvalue weighted by atomic mass is 16.6. The largest absolute Gasteiger partial charge is 0.481 e. The Morgan fingerprint density at radius 1 is 1.00 bits per heavy atom. The molecule has 2 heterocycles. The van der Waals surface area contributed by atoms with Crippen LogP contribution in [0.1, 0.15) is 66.7 Å². The lowest BCUT2D eigenvalue weighted by Gasteiger charge is -2.44. The summed E-state index contributed by atoms with van der Waals surface area (Å²) in [5.41, 5.74) is -0.719. The molecular weight excluding hydrogens is 344 g/mol. The van der Waals surface area contributed by atoms with Crippen molar-refractivity contribution in [3.8, 4) is 0 Å². The summed E-state index contributed by atoms with van der Waals surface area (Å²) in [7, 11) is 0. The minimum atomic E-state index is -0.739. The van der Waals surface area contributed by atoms with Crippen LogP contribution in [0, 0.1) is 17.3 Å². The summed E-state index contributed by atoms with van der Waals surface area (Å²) in [5, 5.41) is 9.15. The second-order valence-electron chi connectivity index (χ2n) is 10.2. The van der Waals surface area contributed by atoms with Gasteiger partial charge in [0, 0.05) is 26.2 Å². The van der Waals surface area contributed by atoms with Crippen LogP contribution in [-0.4, -0.2) is 65.3 Å². The molecule has 0 aromatic rings. The number of piperidine rings is 1. The predicted molar refractivity (Wildman–Crippen MR) is 106 cm³/mol. The molecule has 1 amide bonds. The van der Waals surface area contributed by atoms with Gasteiger partial charge in [-0.15, -0.1) is 0 Å².